The number of phenols is 1. The SMILES string of the molecule is Cl.O=C(CCCC[C@@H]1SC[C@@H]2NC(=O)N[C@@H]21)NCCOCCOCCNc1nc(N2CCNCC2)c2cc(Cl)c(-c3cc(O)cc4ccccc34)c(F)c2n1. The molecule has 4 aromatic rings. The number of amides is 3. The first kappa shape index (κ1) is 40.8. The summed E-state index contributed by atoms with van der Waals surface area (Å²) in [5.41, 5.74) is 0.781. The molecule has 3 atom stereocenters. The highest BCUT2D eigenvalue weighted by Gasteiger charge is 2.42. The lowest BCUT2D eigenvalue weighted by Crippen LogP contribution is -2.44. The number of aromatic hydroxyl groups is 1. The van der Waals surface area contributed by atoms with Crippen LogP contribution in [0.2, 0.25) is 5.02 Å². The van der Waals surface area contributed by atoms with E-state index in [0.29, 0.717) is 81.0 Å². The minimum atomic E-state index is -0.588. The van der Waals surface area contributed by atoms with E-state index in [-0.39, 0.29) is 64.2 Å². The number of hydrogen-bond donors (Lipinski definition) is 6. The van der Waals surface area contributed by atoms with Crippen LogP contribution in [0, 0.1) is 5.82 Å². The van der Waals surface area contributed by atoms with Gasteiger partial charge in [-0.25, -0.2) is 14.2 Å². The third-order valence-electron chi connectivity index (χ3n) is 9.95. The number of nitrogens with one attached hydrogen (secondary N) is 5. The number of rotatable bonds is 17. The van der Waals surface area contributed by atoms with Gasteiger partial charge in [0.2, 0.25) is 11.9 Å². The molecule has 0 radical (unpaired) electrons. The predicted octanol–water partition coefficient (Wildman–Crippen LogP) is 5.07. The summed E-state index contributed by atoms with van der Waals surface area (Å²) < 4.78 is 28.0. The Bertz CT molecular complexity index is 1980. The fraction of sp³-hybridized carbons (Fsp3) is 0.474. The molecule has 1 aromatic heterocycles. The highest BCUT2D eigenvalue weighted by atomic mass is 35.5. The van der Waals surface area contributed by atoms with Crippen molar-refractivity contribution < 1.29 is 28.6 Å². The number of thioether (sulfide) groups is 1. The Balaban J connectivity index is 0.00000514. The molecule has 55 heavy (non-hydrogen) atoms. The number of hydrogen-bond acceptors (Lipinski definition) is 11. The van der Waals surface area contributed by atoms with Crippen LogP contribution in [0.3, 0.4) is 0 Å². The summed E-state index contributed by atoms with van der Waals surface area (Å²) in [6, 6.07) is 12.7. The smallest absolute Gasteiger partial charge is 0.315 e. The monoisotopic (exact) mass is 816 g/mol. The summed E-state index contributed by atoms with van der Waals surface area (Å²) in [7, 11) is 0. The normalized spacial score (nSPS) is 19.2. The van der Waals surface area contributed by atoms with Crippen LogP contribution in [0.25, 0.3) is 32.8 Å². The third-order valence-corrected chi connectivity index (χ3v) is 11.8. The van der Waals surface area contributed by atoms with Gasteiger partial charge in [-0.05, 0) is 47.4 Å². The Labute approximate surface area is 334 Å². The van der Waals surface area contributed by atoms with E-state index in [0.717, 1.165) is 48.9 Å². The molecule has 296 valence electrons. The van der Waals surface area contributed by atoms with Gasteiger partial charge in [-0.2, -0.15) is 16.7 Å². The van der Waals surface area contributed by atoms with E-state index in [2.05, 4.69) is 36.5 Å². The molecular formula is C38H47Cl2FN8O5S. The molecule has 3 aliphatic rings. The number of unbranched alkanes of at least 4 members (excludes halogenated alkanes) is 1. The van der Waals surface area contributed by atoms with E-state index in [4.69, 9.17) is 26.1 Å². The zero-order valence-corrected chi connectivity index (χ0v) is 32.8. The van der Waals surface area contributed by atoms with Crippen LogP contribution in [0.1, 0.15) is 25.7 Å². The second kappa shape index (κ2) is 19.3. The van der Waals surface area contributed by atoms with Crippen LogP contribution < -0.4 is 31.5 Å². The number of benzene rings is 3. The molecule has 3 aliphatic heterocycles. The van der Waals surface area contributed by atoms with Gasteiger partial charge in [0, 0.05) is 67.6 Å². The van der Waals surface area contributed by atoms with Gasteiger partial charge >= 0.3 is 6.03 Å². The van der Waals surface area contributed by atoms with Crippen molar-refractivity contribution in [3.05, 3.63) is 53.3 Å². The van der Waals surface area contributed by atoms with Crippen molar-refractivity contribution in [2.45, 2.75) is 43.0 Å². The number of anilines is 2. The minimum Gasteiger partial charge on any atom is -0.508 e. The molecule has 3 saturated heterocycles. The molecule has 0 spiro atoms. The first-order valence-corrected chi connectivity index (χ1v) is 20.0. The van der Waals surface area contributed by atoms with Gasteiger partial charge in [-0.1, -0.05) is 42.3 Å². The van der Waals surface area contributed by atoms with Gasteiger partial charge < -0.3 is 46.1 Å². The molecule has 6 N–H and O–H groups in total. The number of carbonyl (C=O) groups is 2. The zero-order chi connectivity index (χ0) is 37.4. The topological polar surface area (TPSA) is 162 Å². The van der Waals surface area contributed by atoms with Gasteiger partial charge in [0.15, 0.2) is 5.82 Å². The van der Waals surface area contributed by atoms with E-state index in [1.165, 1.54) is 6.07 Å². The van der Waals surface area contributed by atoms with Gasteiger partial charge in [0.25, 0.3) is 0 Å². The number of fused-ring (bicyclic) bond motifs is 3. The van der Waals surface area contributed by atoms with Crippen molar-refractivity contribution in [2.75, 3.05) is 81.7 Å². The van der Waals surface area contributed by atoms with Crippen molar-refractivity contribution in [3.63, 3.8) is 0 Å². The van der Waals surface area contributed by atoms with Crippen molar-refractivity contribution >= 4 is 81.1 Å². The summed E-state index contributed by atoms with van der Waals surface area (Å²) >= 11 is 8.70. The second-order valence-electron chi connectivity index (χ2n) is 13.6. The zero-order valence-electron chi connectivity index (χ0n) is 30.4. The fourth-order valence-corrected chi connectivity index (χ4v) is 9.14. The summed E-state index contributed by atoms with van der Waals surface area (Å²) in [5, 5.41) is 28.5. The average Bonchev–Trinajstić information content (AvgIpc) is 3.73. The van der Waals surface area contributed by atoms with Gasteiger partial charge in [0.05, 0.1) is 43.5 Å². The predicted molar refractivity (Wildman–Crippen MR) is 219 cm³/mol. The van der Waals surface area contributed by atoms with Crippen LogP contribution in [-0.2, 0) is 14.3 Å². The molecule has 3 amide bonds. The number of carbonyl (C=O) groups excluding carboxylic acids is 2. The van der Waals surface area contributed by atoms with Crippen LogP contribution in [0.4, 0.5) is 21.0 Å². The fourth-order valence-electron chi connectivity index (χ4n) is 7.31. The lowest BCUT2D eigenvalue weighted by Gasteiger charge is -2.29. The molecular weight excluding hydrogens is 770 g/mol. The lowest BCUT2D eigenvalue weighted by atomic mass is 9.96. The van der Waals surface area contributed by atoms with E-state index < -0.39 is 5.82 Å². The maximum atomic E-state index is 16.6. The number of ether oxygens (including phenoxy) is 2. The van der Waals surface area contributed by atoms with Gasteiger partial charge in [-0.15, -0.1) is 12.4 Å². The Kier molecular flexibility index (Phi) is 14.3. The molecule has 0 saturated carbocycles. The first-order chi connectivity index (χ1) is 26.4. The third kappa shape index (κ3) is 9.94. The summed E-state index contributed by atoms with van der Waals surface area (Å²) in [6.45, 7) is 5.21. The number of halogens is 3. The molecule has 3 aromatic carbocycles. The minimum absolute atomic E-state index is 0. The van der Waals surface area contributed by atoms with Gasteiger partial charge in [0.1, 0.15) is 17.1 Å². The molecule has 0 bridgehead atoms. The molecule has 7 rings (SSSR count). The summed E-state index contributed by atoms with van der Waals surface area (Å²) in [4.78, 5) is 35.3. The molecule has 3 fully saturated rings. The van der Waals surface area contributed by atoms with Crippen molar-refractivity contribution in [1.29, 1.82) is 0 Å². The van der Waals surface area contributed by atoms with Gasteiger partial charge in [-0.3, -0.25) is 4.79 Å². The highest BCUT2D eigenvalue weighted by Crippen LogP contribution is 2.42. The second-order valence-corrected chi connectivity index (χ2v) is 15.3. The van der Waals surface area contributed by atoms with Crippen LogP contribution >= 0.6 is 35.8 Å². The highest BCUT2D eigenvalue weighted by molar-refractivity contribution is 8.00. The van der Waals surface area contributed by atoms with Crippen molar-refractivity contribution in [3.8, 4) is 16.9 Å². The number of aromatic nitrogens is 2. The number of phenolic OH excluding ortho intramolecular Hbond substituents is 1. The van der Waals surface area contributed by atoms with E-state index in [1.807, 2.05) is 36.0 Å². The quantitative estimate of drug-likeness (QED) is 0.0624. The number of urea groups is 1. The summed E-state index contributed by atoms with van der Waals surface area (Å²) in [5.74, 6) is 1.24. The Morgan fingerprint density at radius 2 is 1.80 bits per heavy atom. The number of nitrogens with zero attached hydrogens (tertiary/aromatic N) is 3. The molecule has 13 nitrogen and oxygen atoms in total. The first-order valence-electron chi connectivity index (χ1n) is 18.6. The summed E-state index contributed by atoms with van der Waals surface area (Å²) in [6.07, 6.45) is 3.22. The van der Waals surface area contributed by atoms with Crippen molar-refractivity contribution in [2.24, 2.45) is 0 Å². The van der Waals surface area contributed by atoms with E-state index in [9.17, 15) is 14.7 Å². The standard InChI is InChI=1S/C38H46ClFN8O5S.ClH/c39-28-21-27-34(33(40)32(28)26-20-24(49)19-23-5-1-2-6-25(23)26)45-37(47-36(27)48-13-9-41-10-14-48)43-12-16-53-18-17-52-15-11-42-31(50)8-4-3-7-30-35-29(22-54-30)44-38(51)46-35;/h1-2,5-6,19-21,29-30,35,41,49H,3-4,7-18,22H2,(H,42,50)(H,43,45,47)(H2,44,46,51);1H/t29-,30-,35-;/m0./s1. The van der Waals surface area contributed by atoms with Crippen LogP contribution in [-0.4, -0.2) is 116 Å². The van der Waals surface area contributed by atoms with Crippen LogP contribution in [0.5, 0.6) is 5.75 Å². The largest absolute Gasteiger partial charge is 0.508 e. The van der Waals surface area contributed by atoms with E-state index in [1.54, 1.807) is 12.1 Å². The van der Waals surface area contributed by atoms with Crippen molar-refractivity contribution in [1.82, 2.24) is 31.2 Å². The Hall–Kier alpha value is -3.86. The Morgan fingerprint density at radius 3 is 2.62 bits per heavy atom. The van der Waals surface area contributed by atoms with Crippen LogP contribution in [0.15, 0.2) is 42.5 Å². The maximum absolute atomic E-state index is 16.6. The molecule has 4 heterocycles. The average molecular weight is 818 g/mol. The Morgan fingerprint density at radius 1 is 1.02 bits per heavy atom. The molecule has 0 unspecified atom stereocenters. The maximum Gasteiger partial charge on any atom is 0.315 e. The number of piperazine rings is 1. The molecule has 0 aliphatic carbocycles. The van der Waals surface area contributed by atoms with E-state index >= 15 is 4.39 Å². The molecule has 17 heteroatoms. The lowest BCUT2D eigenvalue weighted by molar-refractivity contribution is -0.121.